The fraction of sp³-hybridized carbons (Fsp3) is 0.538. The van der Waals surface area contributed by atoms with Crippen molar-refractivity contribution in [1.82, 2.24) is 0 Å². The first-order chi connectivity index (χ1) is 8.43. The molecule has 1 aromatic rings. The molecular weight excluding hydrogens is 314 g/mol. The van der Waals surface area contributed by atoms with E-state index in [-0.39, 0.29) is 17.5 Å². The van der Waals surface area contributed by atoms with Gasteiger partial charge in [0.2, 0.25) is 0 Å². The Morgan fingerprint density at radius 1 is 1.22 bits per heavy atom. The minimum Gasteiger partial charge on any atom is -0.327 e. The van der Waals surface area contributed by atoms with Crippen molar-refractivity contribution in [2.24, 2.45) is 5.73 Å². The van der Waals surface area contributed by atoms with Gasteiger partial charge in [-0.1, -0.05) is 35.0 Å². The molecule has 1 unspecified atom stereocenters. The number of sulfone groups is 1. The van der Waals surface area contributed by atoms with E-state index in [1.165, 1.54) is 0 Å². The maximum Gasteiger partial charge on any atom is 0.150 e. The molecule has 3 nitrogen and oxygen atoms in total. The van der Waals surface area contributed by atoms with Crippen LogP contribution in [-0.2, 0) is 16.3 Å². The molecule has 18 heavy (non-hydrogen) atoms. The van der Waals surface area contributed by atoms with Crippen molar-refractivity contribution in [1.29, 1.82) is 0 Å². The molecule has 1 aromatic carbocycles. The van der Waals surface area contributed by atoms with Crippen LogP contribution in [0.5, 0.6) is 0 Å². The molecule has 0 saturated heterocycles. The Balaban J connectivity index is 2.42. The highest BCUT2D eigenvalue weighted by Gasteiger charge is 2.12. The van der Waals surface area contributed by atoms with E-state index in [0.717, 1.165) is 16.5 Å². The van der Waals surface area contributed by atoms with Crippen LogP contribution >= 0.6 is 15.9 Å². The zero-order valence-corrected chi connectivity index (χ0v) is 13.0. The summed E-state index contributed by atoms with van der Waals surface area (Å²) >= 11 is 3.38. The molecule has 5 heteroatoms. The van der Waals surface area contributed by atoms with Crippen LogP contribution in [-0.4, -0.2) is 26.0 Å². The van der Waals surface area contributed by atoms with Gasteiger partial charge in [0, 0.05) is 16.3 Å². The van der Waals surface area contributed by atoms with Crippen molar-refractivity contribution in [2.75, 3.05) is 11.5 Å². The summed E-state index contributed by atoms with van der Waals surface area (Å²) in [5, 5.41) is 0. The first-order valence-electron chi connectivity index (χ1n) is 6.13. The van der Waals surface area contributed by atoms with Crippen LogP contribution in [0.3, 0.4) is 0 Å². The van der Waals surface area contributed by atoms with Crippen LogP contribution in [0.25, 0.3) is 0 Å². The molecule has 1 atom stereocenters. The number of benzene rings is 1. The minimum atomic E-state index is -2.91. The van der Waals surface area contributed by atoms with Crippen molar-refractivity contribution in [2.45, 2.75) is 32.2 Å². The molecule has 102 valence electrons. The summed E-state index contributed by atoms with van der Waals surface area (Å²) < 4.78 is 24.2. The van der Waals surface area contributed by atoms with E-state index in [4.69, 9.17) is 5.73 Å². The third-order valence-electron chi connectivity index (χ3n) is 2.73. The van der Waals surface area contributed by atoms with Gasteiger partial charge < -0.3 is 5.73 Å². The first kappa shape index (κ1) is 15.7. The summed E-state index contributed by atoms with van der Waals surface area (Å²) in [5.74, 6) is 0.455. The van der Waals surface area contributed by atoms with Gasteiger partial charge in [-0.25, -0.2) is 8.42 Å². The normalized spacial score (nSPS) is 13.5. The quantitative estimate of drug-likeness (QED) is 0.834. The smallest absolute Gasteiger partial charge is 0.150 e. The Hall–Kier alpha value is -0.390. The highest BCUT2D eigenvalue weighted by Crippen LogP contribution is 2.12. The van der Waals surface area contributed by atoms with Crippen molar-refractivity contribution < 1.29 is 8.42 Å². The van der Waals surface area contributed by atoms with E-state index in [2.05, 4.69) is 15.9 Å². The molecule has 0 spiro atoms. The second kappa shape index (κ2) is 7.26. The molecule has 1 rings (SSSR count). The van der Waals surface area contributed by atoms with Crippen LogP contribution in [0.15, 0.2) is 28.7 Å². The number of hydrogen-bond acceptors (Lipinski definition) is 3. The Bertz CT molecular complexity index is 456. The molecule has 0 saturated carbocycles. The van der Waals surface area contributed by atoms with Crippen LogP contribution in [0.2, 0.25) is 0 Å². The summed E-state index contributed by atoms with van der Waals surface area (Å²) in [6.45, 7) is 1.87. The van der Waals surface area contributed by atoms with E-state index in [9.17, 15) is 8.42 Å². The third-order valence-corrected chi connectivity index (χ3v) is 5.14. The van der Waals surface area contributed by atoms with Crippen molar-refractivity contribution in [3.05, 3.63) is 34.3 Å². The Morgan fingerprint density at radius 3 is 2.39 bits per heavy atom. The maximum atomic E-state index is 11.6. The van der Waals surface area contributed by atoms with E-state index >= 15 is 0 Å². The van der Waals surface area contributed by atoms with Gasteiger partial charge in [0.05, 0.1) is 5.75 Å². The fourth-order valence-electron chi connectivity index (χ4n) is 1.77. The second-order valence-electron chi connectivity index (χ2n) is 4.53. The molecule has 0 aliphatic heterocycles. The Kier molecular flexibility index (Phi) is 6.32. The molecule has 0 bridgehead atoms. The van der Waals surface area contributed by atoms with Gasteiger partial charge in [0.25, 0.3) is 0 Å². The third kappa shape index (κ3) is 5.98. The molecule has 0 amide bonds. The van der Waals surface area contributed by atoms with Crippen molar-refractivity contribution >= 4 is 25.8 Å². The SMILES string of the molecule is CCCS(=O)(=O)CCC(N)Cc1ccc(Br)cc1. The summed E-state index contributed by atoms with van der Waals surface area (Å²) in [6.07, 6.45) is 1.91. The molecule has 0 radical (unpaired) electrons. The van der Waals surface area contributed by atoms with Gasteiger partial charge in [0.1, 0.15) is 9.84 Å². The van der Waals surface area contributed by atoms with E-state index in [1.54, 1.807) is 0 Å². The predicted octanol–water partition coefficient (Wildman–Crippen LogP) is 2.53. The van der Waals surface area contributed by atoms with Gasteiger partial charge in [-0.15, -0.1) is 0 Å². The van der Waals surface area contributed by atoms with E-state index < -0.39 is 9.84 Å². The van der Waals surface area contributed by atoms with Gasteiger partial charge in [0.15, 0.2) is 0 Å². The fourth-order valence-corrected chi connectivity index (χ4v) is 3.52. The van der Waals surface area contributed by atoms with Gasteiger partial charge in [-0.3, -0.25) is 0 Å². The lowest BCUT2D eigenvalue weighted by Gasteiger charge is -2.11. The first-order valence-corrected chi connectivity index (χ1v) is 8.75. The van der Waals surface area contributed by atoms with Crippen LogP contribution < -0.4 is 5.73 Å². The standard InChI is InChI=1S/C13H20BrNO2S/c1-2-8-18(16,17)9-7-13(15)10-11-3-5-12(14)6-4-11/h3-6,13H,2,7-10,15H2,1H3. The molecule has 0 aromatic heterocycles. The largest absolute Gasteiger partial charge is 0.327 e. The maximum absolute atomic E-state index is 11.6. The predicted molar refractivity (Wildman–Crippen MR) is 79.4 cm³/mol. The monoisotopic (exact) mass is 333 g/mol. The summed E-state index contributed by atoms with van der Waals surface area (Å²) in [7, 11) is -2.91. The molecular formula is C13H20BrNO2S. The number of hydrogen-bond donors (Lipinski definition) is 1. The molecule has 0 heterocycles. The Morgan fingerprint density at radius 2 is 1.83 bits per heavy atom. The zero-order chi connectivity index (χ0) is 13.6. The lowest BCUT2D eigenvalue weighted by atomic mass is 10.1. The number of rotatable bonds is 7. The van der Waals surface area contributed by atoms with Crippen LogP contribution in [0.4, 0.5) is 0 Å². The number of nitrogens with two attached hydrogens (primary N) is 1. The summed E-state index contributed by atoms with van der Waals surface area (Å²) in [4.78, 5) is 0. The number of halogens is 1. The highest BCUT2D eigenvalue weighted by molar-refractivity contribution is 9.10. The minimum absolute atomic E-state index is 0.0993. The average molecular weight is 334 g/mol. The van der Waals surface area contributed by atoms with Gasteiger partial charge in [-0.2, -0.15) is 0 Å². The lowest BCUT2D eigenvalue weighted by molar-refractivity contribution is 0.579. The molecule has 2 N–H and O–H groups in total. The average Bonchev–Trinajstić information content (AvgIpc) is 2.30. The topological polar surface area (TPSA) is 60.2 Å². The zero-order valence-electron chi connectivity index (χ0n) is 10.6. The van der Waals surface area contributed by atoms with Crippen LogP contribution in [0, 0.1) is 0 Å². The molecule has 0 fully saturated rings. The van der Waals surface area contributed by atoms with Crippen LogP contribution in [0.1, 0.15) is 25.3 Å². The van der Waals surface area contributed by atoms with Gasteiger partial charge in [-0.05, 0) is 37.0 Å². The highest BCUT2D eigenvalue weighted by atomic mass is 79.9. The Labute approximate surface area is 118 Å². The lowest BCUT2D eigenvalue weighted by Crippen LogP contribution is -2.26. The second-order valence-corrected chi connectivity index (χ2v) is 7.75. The van der Waals surface area contributed by atoms with Crippen molar-refractivity contribution in [3.8, 4) is 0 Å². The molecule has 0 aliphatic carbocycles. The summed E-state index contributed by atoms with van der Waals surface area (Å²) in [5.41, 5.74) is 7.11. The van der Waals surface area contributed by atoms with E-state index in [1.807, 2.05) is 31.2 Å². The summed E-state index contributed by atoms with van der Waals surface area (Å²) in [6, 6.07) is 7.85. The molecule has 0 aliphatic rings. The van der Waals surface area contributed by atoms with E-state index in [0.29, 0.717) is 12.8 Å². The van der Waals surface area contributed by atoms with Crippen molar-refractivity contribution in [3.63, 3.8) is 0 Å². The van der Waals surface area contributed by atoms with Gasteiger partial charge >= 0.3 is 0 Å².